The molecule has 3 atom stereocenters. The summed E-state index contributed by atoms with van der Waals surface area (Å²) in [7, 11) is 2.01. The standard InChI is InChI=1S/C25H41N5O2/c1-4-7-20-17-25(18-21(25)8-5-2)32-15-6-11-29(13-10-26-3)14-16-31-23-9-12-30-24(28-23)22(20)19-27-30/h9,12,19-21,26H,4-8,10-11,13-18H2,1-3H3. The van der Waals surface area contributed by atoms with Crippen molar-refractivity contribution in [3.05, 3.63) is 24.0 Å². The molecule has 1 aliphatic heterocycles. The van der Waals surface area contributed by atoms with Crippen molar-refractivity contribution in [2.75, 3.05) is 46.4 Å². The fraction of sp³-hybridized carbons (Fsp3) is 0.760. The maximum Gasteiger partial charge on any atom is 0.216 e. The van der Waals surface area contributed by atoms with Gasteiger partial charge in [0.2, 0.25) is 5.88 Å². The second-order valence-electron chi connectivity index (χ2n) is 9.57. The van der Waals surface area contributed by atoms with Crippen LogP contribution in [0.2, 0.25) is 0 Å². The van der Waals surface area contributed by atoms with Crippen LogP contribution in [0, 0.1) is 5.92 Å². The highest BCUT2D eigenvalue weighted by Gasteiger charge is 2.55. The van der Waals surface area contributed by atoms with E-state index in [1.165, 1.54) is 24.8 Å². The lowest BCUT2D eigenvalue weighted by atomic mass is 9.88. The Labute approximate surface area is 192 Å². The van der Waals surface area contributed by atoms with Gasteiger partial charge in [-0.05, 0) is 51.0 Å². The molecule has 2 aromatic rings. The monoisotopic (exact) mass is 443 g/mol. The van der Waals surface area contributed by atoms with E-state index in [9.17, 15) is 0 Å². The molecule has 7 nitrogen and oxygen atoms in total. The van der Waals surface area contributed by atoms with E-state index in [1.54, 1.807) is 0 Å². The number of likely N-dealkylation sites (N-methyl/N-ethyl adjacent to an activating group) is 1. The summed E-state index contributed by atoms with van der Waals surface area (Å²) in [5.41, 5.74) is 2.22. The highest BCUT2D eigenvalue weighted by Crippen LogP contribution is 2.55. The van der Waals surface area contributed by atoms with Crippen LogP contribution in [0.15, 0.2) is 18.5 Å². The van der Waals surface area contributed by atoms with E-state index in [4.69, 9.17) is 14.5 Å². The van der Waals surface area contributed by atoms with Gasteiger partial charge in [0.05, 0.1) is 11.8 Å². The maximum atomic E-state index is 6.72. The van der Waals surface area contributed by atoms with Crippen molar-refractivity contribution in [2.45, 2.75) is 70.3 Å². The third-order valence-corrected chi connectivity index (χ3v) is 7.20. The molecule has 3 unspecified atom stereocenters. The molecule has 1 N–H and O–H groups in total. The average Bonchev–Trinajstić information content (AvgIpc) is 3.28. The molecule has 1 aliphatic carbocycles. The summed E-state index contributed by atoms with van der Waals surface area (Å²) >= 11 is 0. The summed E-state index contributed by atoms with van der Waals surface area (Å²) in [6, 6.07) is 1.93. The Kier molecular flexibility index (Phi) is 8.02. The van der Waals surface area contributed by atoms with Crippen molar-refractivity contribution >= 4 is 5.65 Å². The van der Waals surface area contributed by atoms with Gasteiger partial charge in [-0.15, -0.1) is 0 Å². The molecule has 0 aromatic carbocycles. The Hall–Kier alpha value is -1.70. The molecule has 1 spiro atoms. The van der Waals surface area contributed by atoms with Crippen LogP contribution in [-0.2, 0) is 4.74 Å². The van der Waals surface area contributed by atoms with E-state index in [-0.39, 0.29) is 5.60 Å². The highest BCUT2D eigenvalue weighted by atomic mass is 16.5. The number of aromatic nitrogens is 3. The molecular weight excluding hydrogens is 402 g/mol. The van der Waals surface area contributed by atoms with Gasteiger partial charge in [-0.2, -0.15) is 10.1 Å². The zero-order valence-corrected chi connectivity index (χ0v) is 20.2. The van der Waals surface area contributed by atoms with Crippen LogP contribution in [0.5, 0.6) is 5.88 Å². The molecule has 0 radical (unpaired) electrons. The van der Waals surface area contributed by atoms with Crippen LogP contribution in [0.4, 0.5) is 0 Å². The van der Waals surface area contributed by atoms with Gasteiger partial charge in [0.25, 0.3) is 0 Å². The molecule has 7 heteroatoms. The third kappa shape index (κ3) is 5.43. The number of rotatable bonds is 7. The maximum absolute atomic E-state index is 6.72. The van der Waals surface area contributed by atoms with Gasteiger partial charge in [0, 0.05) is 50.6 Å². The van der Waals surface area contributed by atoms with Crippen LogP contribution in [0.25, 0.3) is 5.65 Å². The lowest BCUT2D eigenvalue weighted by molar-refractivity contribution is 0.00312. The molecule has 2 bridgehead atoms. The predicted octanol–water partition coefficient (Wildman–Crippen LogP) is 3.88. The number of hydrogen-bond acceptors (Lipinski definition) is 6. The zero-order valence-electron chi connectivity index (χ0n) is 20.2. The van der Waals surface area contributed by atoms with Gasteiger partial charge in [-0.25, -0.2) is 4.52 Å². The van der Waals surface area contributed by atoms with Gasteiger partial charge in [0.15, 0.2) is 5.65 Å². The third-order valence-electron chi connectivity index (χ3n) is 7.20. The first kappa shape index (κ1) is 23.5. The van der Waals surface area contributed by atoms with Crippen molar-refractivity contribution in [1.82, 2.24) is 24.8 Å². The van der Waals surface area contributed by atoms with E-state index in [0.29, 0.717) is 24.3 Å². The van der Waals surface area contributed by atoms with E-state index >= 15 is 0 Å². The lowest BCUT2D eigenvalue weighted by Gasteiger charge is -2.26. The summed E-state index contributed by atoms with van der Waals surface area (Å²) in [6.07, 6.45) is 12.1. The molecule has 2 aliphatic rings. The van der Waals surface area contributed by atoms with Crippen LogP contribution < -0.4 is 10.1 Å². The molecule has 1 saturated carbocycles. The van der Waals surface area contributed by atoms with Gasteiger partial charge < -0.3 is 14.8 Å². The fourth-order valence-electron chi connectivity index (χ4n) is 5.38. The Morgan fingerprint density at radius 3 is 2.84 bits per heavy atom. The van der Waals surface area contributed by atoms with Crippen molar-refractivity contribution in [3.8, 4) is 5.88 Å². The minimum atomic E-state index is 0.0359. The molecule has 178 valence electrons. The predicted molar refractivity (Wildman–Crippen MR) is 127 cm³/mol. The molecule has 2 aromatic heterocycles. The first-order chi connectivity index (χ1) is 15.7. The largest absolute Gasteiger partial charge is 0.476 e. The van der Waals surface area contributed by atoms with Gasteiger partial charge in [0.1, 0.15) is 6.61 Å². The number of hydrogen-bond donors (Lipinski definition) is 1. The van der Waals surface area contributed by atoms with Crippen LogP contribution in [0.3, 0.4) is 0 Å². The summed E-state index contributed by atoms with van der Waals surface area (Å²) in [6.45, 7) is 9.96. The summed E-state index contributed by atoms with van der Waals surface area (Å²) in [5, 5.41) is 7.88. The minimum Gasteiger partial charge on any atom is -0.476 e. The van der Waals surface area contributed by atoms with E-state index in [2.05, 4.69) is 29.2 Å². The molecule has 1 fully saturated rings. The summed E-state index contributed by atoms with van der Waals surface area (Å²) in [4.78, 5) is 7.34. The van der Waals surface area contributed by atoms with Crippen molar-refractivity contribution < 1.29 is 9.47 Å². The average molecular weight is 444 g/mol. The molecule has 3 heterocycles. The first-order valence-electron chi connectivity index (χ1n) is 12.7. The minimum absolute atomic E-state index is 0.0359. The Bertz CT molecular complexity index is 856. The second-order valence-corrected chi connectivity index (χ2v) is 9.57. The molecule has 0 amide bonds. The van der Waals surface area contributed by atoms with E-state index < -0.39 is 0 Å². The van der Waals surface area contributed by atoms with Crippen molar-refractivity contribution in [3.63, 3.8) is 0 Å². The van der Waals surface area contributed by atoms with E-state index in [0.717, 1.165) is 64.1 Å². The Morgan fingerprint density at radius 2 is 2.03 bits per heavy atom. The number of nitrogens with one attached hydrogen (secondary N) is 1. The zero-order chi connectivity index (χ0) is 22.4. The molecular formula is C25H41N5O2. The Morgan fingerprint density at radius 1 is 1.16 bits per heavy atom. The van der Waals surface area contributed by atoms with Crippen molar-refractivity contribution in [2.24, 2.45) is 5.92 Å². The van der Waals surface area contributed by atoms with Crippen molar-refractivity contribution in [1.29, 1.82) is 0 Å². The van der Waals surface area contributed by atoms with Crippen LogP contribution >= 0.6 is 0 Å². The quantitative estimate of drug-likeness (QED) is 0.701. The summed E-state index contributed by atoms with van der Waals surface area (Å²) in [5.74, 6) is 1.80. The van der Waals surface area contributed by atoms with Gasteiger partial charge in [-0.1, -0.05) is 26.7 Å². The second kappa shape index (κ2) is 10.9. The van der Waals surface area contributed by atoms with Crippen LogP contribution in [-0.4, -0.2) is 71.5 Å². The van der Waals surface area contributed by atoms with Crippen LogP contribution in [0.1, 0.15) is 70.3 Å². The molecule has 4 rings (SSSR count). The smallest absolute Gasteiger partial charge is 0.216 e. The molecule has 0 saturated heterocycles. The first-order valence-corrected chi connectivity index (χ1v) is 12.7. The summed E-state index contributed by atoms with van der Waals surface area (Å²) < 4.78 is 14.7. The molecule has 32 heavy (non-hydrogen) atoms. The van der Waals surface area contributed by atoms with Gasteiger partial charge >= 0.3 is 0 Å². The number of nitrogens with zero attached hydrogens (tertiary/aromatic N) is 4. The van der Waals surface area contributed by atoms with E-state index in [1.807, 2.05) is 30.0 Å². The SMILES string of the molecule is CCCC1CC2(CC2CCC)OCCCN(CCNC)CCOc2ccn3ncc1c3n2. The normalized spacial score (nSPS) is 27.3. The number of fused-ring (bicyclic) bond motifs is 1. The Balaban J connectivity index is 1.61. The topological polar surface area (TPSA) is 63.9 Å². The number of ether oxygens (including phenoxy) is 2. The lowest BCUT2D eigenvalue weighted by Crippen LogP contribution is -2.35. The fourth-order valence-corrected chi connectivity index (χ4v) is 5.38. The van der Waals surface area contributed by atoms with Gasteiger partial charge in [-0.3, -0.25) is 4.90 Å². The highest BCUT2D eigenvalue weighted by molar-refractivity contribution is 5.50.